The summed E-state index contributed by atoms with van der Waals surface area (Å²) in [4.78, 5) is 29.1. The molecule has 0 aromatic heterocycles. The van der Waals surface area contributed by atoms with Crippen LogP contribution in [-0.2, 0) is 9.59 Å². The number of Topliss-reactive ketones (excluding diaryl/α,β-unsaturated/α-hetero) is 1. The fraction of sp³-hybridized carbons (Fsp3) is 0.333. The van der Waals surface area contributed by atoms with Crippen LogP contribution in [0.2, 0.25) is 0 Å². The molecule has 29 heavy (non-hydrogen) atoms. The van der Waals surface area contributed by atoms with Crippen molar-refractivity contribution in [2.24, 2.45) is 0 Å². The number of hydrogen-bond acceptors (Lipinski definition) is 4. The van der Waals surface area contributed by atoms with Crippen LogP contribution in [0.5, 0.6) is 0 Å². The number of rotatable bonds is 6. The summed E-state index contributed by atoms with van der Waals surface area (Å²) in [7, 11) is 3.89. The fourth-order valence-electron chi connectivity index (χ4n) is 3.64. The van der Waals surface area contributed by atoms with E-state index in [4.69, 9.17) is 0 Å². The summed E-state index contributed by atoms with van der Waals surface area (Å²) in [6, 6.07) is 14.8. The summed E-state index contributed by atoms with van der Waals surface area (Å²) < 4.78 is 0. The highest BCUT2D eigenvalue weighted by Crippen LogP contribution is 2.41. The lowest BCUT2D eigenvalue weighted by Crippen LogP contribution is -2.31. The van der Waals surface area contributed by atoms with Gasteiger partial charge in [-0.15, -0.1) is 0 Å². The van der Waals surface area contributed by atoms with Crippen LogP contribution >= 0.6 is 0 Å². The van der Waals surface area contributed by atoms with Gasteiger partial charge in [0.25, 0.3) is 5.91 Å². The van der Waals surface area contributed by atoms with Crippen LogP contribution in [0.3, 0.4) is 0 Å². The van der Waals surface area contributed by atoms with Crippen molar-refractivity contribution in [3.8, 4) is 0 Å². The Kier molecular flexibility index (Phi) is 5.78. The molecule has 1 atom stereocenters. The van der Waals surface area contributed by atoms with Gasteiger partial charge >= 0.3 is 0 Å². The molecule has 1 heterocycles. The van der Waals surface area contributed by atoms with Crippen molar-refractivity contribution >= 4 is 23.1 Å². The van der Waals surface area contributed by atoms with E-state index in [2.05, 4.69) is 13.8 Å². The van der Waals surface area contributed by atoms with Crippen LogP contribution in [0.25, 0.3) is 0 Å². The number of carbonyl (C=O) groups excluding carboxylic acids is 2. The van der Waals surface area contributed by atoms with E-state index in [1.165, 1.54) is 10.5 Å². The quantitative estimate of drug-likeness (QED) is 0.770. The summed E-state index contributed by atoms with van der Waals surface area (Å²) in [6.07, 6.45) is 0.223. The van der Waals surface area contributed by atoms with Crippen molar-refractivity contribution in [3.05, 3.63) is 71.0 Å². The molecule has 1 aliphatic heterocycles. The van der Waals surface area contributed by atoms with Gasteiger partial charge in [-0.05, 0) is 41.3 Å². The van der Waals surface area contributed by atoms with E-state index in [0.29, 0.717) is 11.6 Å². The molecule has 2 aromatic rings. The van der Waals surface area contributed by atoms with E-state index in [1.54, 1.807) is 6.92 Å². The van der Waals surface area contributed by atoms with E-state index in [9.17, 15) is 14.7 Å². The Bertz CT molecular complexity index is 941. The smallest absolute Gasteiger partial charge is 0.294 e. The first-order valence-corrected chi connectivity index (χ1v) is 9.93. The van der Waals surface area contributed by atoms with Crippen LogP contribution in [0.4, 0.5) is 11.4 Å². The van der Waals surface area contributed by atoms with Gasteiger partial charge in [0, 0.05) is 31.9 Å². The number of aliphatic hydroxyl groups excluding tert-OH is 1. The Morgan fingerprint density at radius 1 is 1.07 bits per heavy atom. The monoisotopic (exact) mass is 392 g/mol. The Morgan fingerprint density at radius 2 is 1.66 bits per heavy atom. The Labute approximate surface area is 172 Å². The molecule has 2 aromatic carbocycles. The number of ketones is 1. The number of amides is 1. The maximum atomic E-state index is 13.0. The third-order valence-corrected chi connectivity index (χ3v) is 5.39. The van der Waals surface area contributed by atoms with Gasteiger partial charge < -0.3 is 10.0 Å². The van der Waals surface area contributed by atoms with Crippen LogP contribution in [-0.4, -0.2) is 30.9 Å². The van der Waals surface area contributed by atoms with Gasteiger partial charge in [0.15, 0.2) is 11.5 Å². The SMILES string of the molecule is CCC(=O)C1=C(O)C(=O)N(c2ccc(N(C)C)cc2)C1c1ccc(C(C)C)cc1. The molecule has 5 nitrogen and oxygen atoms in total. The number of hydrogen-bond donors (Lipinski definition) is 1. The first-order valence-electron chi connectivity index (χ1n) is 9.93. The minimum Gasteiger partial charge on any atom is -0.503 e. The summed E-state index contributed by atoms with van der Waals surface area (Å²) >= 11 is 0. The van der Waals surface area contributed by atoms with Crippen molar-refractivity contribution in [2.75, 3.05) is 23.9 Å². The highest BCUT2D eigenvalue weighted by Gasteiger charge is 2.43. The van der Waals surface area contributed by atoms with Gasteiger partial charge in [0.2, 0.25) is 0 Å². The van der Waals surface area contributed by atoms with Crippen molar-refractivity contribution < 1.29 is 14.7 Å². The first kappa shape index (κ1) is 20.6. The van der Waals surface area contributed by atoms with Crippen LogP contribution < -0.4 is 9.80 Å². The van der Waals surface area contributed by atoms with Crippen molar-refractivity contribution in [1.29, 1.82) is 0 Å². The summed E-state index contributed by atoms with van der Waals surface area (Å²) in [5.41, 5.74) is 3.80. The zero-order chi connectivity index (χ0) is 21.3. The first-order chi connectivity index (χ1) is 13.8. The summed E-state index contributed by atoms with van der Waals surface area (Å²) in [6.45, 7) is 5.97. The van der Waals surface area contributed by atoms with Gasteiger partial charge in [-0.1, -0.05) is 45.0 Å². The highest BCUT2D eigenvalue weighted by atomic mass is 16.3. The molecule has 0 fully saturated rings. The van der Waals surface area contributed by atoms with Gasteiger partial charge in [-0.2, -0.15) is 0 Å². The molecule has 3 rings (SSSR count). The molecule has 0 aliphatic carbocycles. The molecule has 1 amide bonds. The largest absolute Gasteiger partial charge is 0.503 e. The third kappa shape index (κ3) is 3.77. The van der Waals surface area contributed by atoms with Crippen LogP contribution in [0.15, 0.2) is 59.9 Å². The molecular weight excluding hydrogens is 364 g/mol. The molecule has 152 valence electrons. The average molecular weight is 392 g/mol. The Morgan fingerprint density at radius 3 is 2.14 bits per heavy atom. The van der Waals surface area contributed by atoms with E-state index in [-0.39, 0.29) is 17.8 Å². The minimum atomic E-state index is -0.638. The number of nitrogens with zero attached hydrogens (tertiary/aromatic N) is 2. The summed E-state index contributed by atoms with van der Waals surface area (Å²) in [5.74, 6) is -0.838. The maximum Gasteiger partial charge on any atom is 0.294 e. The zero-order valence-electron chi connectivity index (χ0n) is 17.6. The molecule has 0 bridgehead atoms. The predicted octanol–water partition coefficient (Wildman–Crippen LogP) is 4.76. The van der Waals surface area contributed by atoms with Crippen LogP contribution in [0.1, 0.15) is 50.3 Å². The third-order valence-electron chi connectivity index (χ3n) is 5.39. The lowest BCUT2D eigenvalue weighted by Gasteiger charge is -2.27. The van der Waals surface area contributed by atoms with Gasteiger partial charge in [-0.3, -0.25) is 14.5 Å². The standard InChI is InChI=1S/C24H28N2O3/c1-6-20(27)21-22(17-9-7-16(8-10-17)15(2)3)26(24(29)23(21)28)19-13-11-18(12-14-19)25(4)5/h7-15,22,28H,6H2,1-5H3. The molecule has 0 saturated carbocycles. The lowest BCUT2D eigenvalue weighted by molar-refractivity contribution is -0.118. The minimum absolute atomic E-state index is 0.173. The molecule has 1 unspecified atom stereocenters. The average Bonchev–Trinajstić information content (AvgIpc) is 2.98. The second-order valence-corrected chi connectivity index (χ2v) is 7.85. The fourth-order valence-corrected chi connectivity index (χ4v) is 3.64. The number of anilines is 2. The molecular formula is C24H28N2O3. The predicted molar refractivity (Wildman–Crippen MR) is 116 cm³/mol. The molecule has 0 radical (unpaired) electrons. The summed E-state index contributed by atoms with van der Waals surface area (Å²) in [5, 5.41) is 10.6. The van der Waals surface area contributed by atoms with E-state index in [1.807, 2.05) is 67.5 Å². The number of carbonyl (C=O) groups is 2. The van der Waals surface area contributed by atoms with E-state index in [0.717, 1.165) is 11.3 Å². The zero-order valence-corrected chi connectivity index (χ0v) is 17.6. The van der Waals surface area contributed by atoms with Crippen molar-refractivity contribution in [1.82, 2.24) is 0 Å². The Balaban J connectivity index is 2.11. The van der Waals surface area contributed by atoms with E-state index >= 15 is 0 Å². The van der Waals surface area contributed by atoms with Crippen molar-refractivity contribution in [3.63, 3.8) is 0 Å². The van der Waals surface area contributed by atoms with Gasteiger partial charge in [-0.25, -0.2) is 0 Å². The second-order valence-electron chi connectivity index (χ2n) is 7.85. The lowest BCUT2D eigenvalue weighted by atomic mass is 9.92. The van der Waals surface area contributed by atoms with Crippen LogP contribution in [0, 0.1) is 0 Å². The maximum absolute atomic E-state index is 13.0. The van der Waals surface area contributed by atoms with E-state index < -0.39 is 17.7 Å². The van der Waals surface area contributed by atoms with Gasteiger partial charge in [0.1, 0.15) is 0 Å². The molecule has 5 heteroatoms. The number of benzene rings is 2. The molecule has 0 spiro atoms. The topological polar surface area (TPSA) is 60.9 Å². The van der Waals surface area contributed by atoms with Crippen molar-refractivity contribution in [2.45, 2.75) is 39.2 Å². The Hall–Kier alpha value is -3.08. The number of aliphatic hydroxyl groups is 1. The molecule has 1 aliphatic rings. The normalized spacial score (nSPS) is 16.7. The van der Waals surface area contributed by atoms with Gasteiger partial charge in [0.05, 0.1) is 11.6 Å². The molecule has 0 saturated heterocycles. The second kappa shape index (κ2) is 8.11. The highest BCUT2D eigenvalue weighted by molar-refractivity contribution is 6.16. The molecule has 1 N–H and O–H groups in total.